The fraction of sp³-hybridized carbons (Fsp3) is 0.138. The van der Waals surface area contributed by atoms with Crippen molar-refractivity contribution in [1.29, 1.82) is 0 Å². The summed E-state index contributed by atoms with van der Waals surface area (Å²) in [6.07, 6.45) is 2.36. The van der Waals surface area contributed by atoms with Crippen molar-refractivity contribution in [2.24, 2.45) is 0 Å². The lowest BCUT2D eigenvalue weighted by atomic mass is 10.0. The molecule has 0 saturated heterocycles. The van der Waals surface area contributed by atoms with E-state index in [4.69, 9.17) is 4.74 Å². The van der Waals surface area contributed by atoms with Gasteiger partial charge in [-0.05, 0) is 53.4 Å². The second-order valence-corrected chi connectivity index (χ2v) is 8.26. The Morgan fingerprint density at radius 3 is 2.39 bits per heavy atom. The molecular formula is C29H26N2O5. The van der Waals surface area contributed by atoms with Gasteiger partial charge in [0.1, 0.15) is 11.5 Å². The number of carbonyl (C=O) groups excluding carboxylic acids is 1. The monoisotopic (exact) mass is 482 g/mol. The number of pyridine rings is 1. The molecule has 7 nitrogen and oxygen atoms in total. The summed E-state index contributed by atoms with van der Waals surface area (Å²) in [5.74, 6) is 1.12. The third-order valence-electron chi connectivity index (χ3n) is 5.80. The summed E-state index contributed by atoms with van der Waals surface area (Å²) in [5, 5.41) is 20.0. The molecule has 0 fully saturated rings. The Bertz CT molecular complexity index is 1290. The third-order valence-corrected chi connectivity index (χ3v) is 5.80. The highest BCUT2D eigenvalue weighted by atomic mass is 16.5. The molecule has 1 heterocycles. The number of ether oxygens (including phenoxy) is 1. The molecule has 2 N–H and O–H groups in total. The van der Waals surface area contributed by atoms with Gasteiger partial charge in [-0.25, -0.2) is 4.79 Å². The smallest absolute Gasteiger partial charge is 0.407 e. The predicted molar refractivity (Wildman–Crippen MR) is 136 cm³/mol. The van der Waals surface area contributed by atoms with Gasteiger partial charge in [0.25, 0.3) is 0 Å². The van der Waals surface area contributed by atoms with Crippen molar-refractivity contribution in [1.82, 2.24) is 9.88 Å². The number of aliphatic hydroxyl groups is 1. The van der Waals surface area contributed by atoms with Crippen LogP contribution in [-0.4, -0.2) is 45.6 Å². The minimum Gasteiger partial charge on any atom is -0.465 e. The van der Waals surface area contributed by atoms with Gasteiger partial charge in [-0.3, -0.25) is 9.78 Å². The van der Waals surface area contributed by atoms with Crippen LogP contribution in [-0.2, 0) is 6.42 Å². The normalized spacial score (nSPS) is 11.5. The van der Waals surface area contributed by atoms with E-state index in [2.05, 4.69) is 4.98 Å². The molecule has 36 heavy (non-hydrogen) atoms. The number of nitrogens with zero attached hydrogens (tertiary/aromatic N) is 2. The number of carboxylic acid groups (broad SMARTS) is 1. The van der Waals surface area contributed by atoms with Crippen LogP contribution in [0.4, 0.5) is 4.79 Å². The number of hydrogen-bond donors (Lipinski definition) is 2. The Morgan fingerprint density at radius 2 is 1.72 bits per heavy atom. The molecule has 0 bridgehead atoms. The van der Waals surface area contributed by atoms with E-state index in [-0.39, 0.29) is 13.1 Å². The Balaban J connectivity index is 1.42. The van der Waals surface area contributed by atoms with Crippen molar-refractivity contribution in [2.75, 3.05) is 13.1 Å². The standard InChI is InChI=1S/C29H26N2O5/c32-20-25-13-12-23(17-28(25)36-26-6-2-1-3-7-26)22-10-8-21(9-11-22)14-16-31(29(34)35)19-27(33)24-5-4-15-30-18-24/h1-13,15,17-18,20,27,33H,14,16,19H2,(H,34,35). The van der Waals surface area contributed by atoms with E-state index in [1.54, 1.807) is 24.4 Å². The van der Waals surface area contributed by atoms with Gasteiger partial charge < -0.3 is 19.8 Å². The van der Waals surface area contributed by atoms with Crippen molar-refractivity contribution < 1.29 is 24.5 Å². The number of aliphatic hydroxyl groups excluding tert-OH is 1. The Kier molecular flexibility index (Phi) is 8.05. The highest BCUT2D eigenvalue weighted by Crippen LogP contribution is 2.30. The van der Waals surface area contributed by atoms with Crippen LogP contribution in [0.3, 0.4) is 0 Å². The molecule has 1 aromatic heterocycles. The molecule has 0 spiro atoms. The van der Waals surface area contributed by atoms with Crippen LogP contribution in [0.2, 0.25) is 0 Å². The van der Waals surface area contributed by atoms with Gasteiger partial charge in [-0.15, -0.1) is 0 Å². The van der Waals surface area contributed by atoms with Crippen molar-refractivity contribution in [3.05, 3.63) is 114 Å². The Morgan fingerprint density at radius 1 is 0.972 bits per heavy atom. The molecule has 0 saturated carbocycles. The maximum atomic E-state index is 11.7. The van der Waals surface area contributed by atoms with Gasteiger partial charge in [-0.2, -0.15) is 0 Å². The van der Waals surface area contributed by atoms with E-state index in [1.807, 2.05) is 66.7 Å². The van der Waals surface area contributed by atoms with Crippen molar-refractivity contribution in [2.45, 2.75) is 12.5 Å². The largest absolute Gasteiger partial charge is 0.465 e. The number of hydrogen-bond acceptors (Lipinski definition) is 5. The van der Waals surface area contributed by atoms with Crippen LogP contribution >= 0.6 is 0 Å². The number of carbonyl (C=O) groups is 2. The Labute approximate surface area is 209 Å². The van der Waals surface area contributed by atoms with Crippen LogP contribution in [0.25, 0.3) is 11.1 Å². The zero-order chi connectivity index (χ0) is 25.3. The summed E-state index contributed by atoms with van der Waals surface area (Å²) >= 11 is 0. The van der Waals surface area contributed by atoms with Gasteiger partial charge in [0.15, 0.2) is 6.29 Å². The van der Waals surface area contributed by atoms with Gasteiger partial charge in [-0.1, -0.05) is 54.6 Å². The number of aromatic nitrogens is 1. The summed E-state index contributed by atoms with van der Waals surface area (Å²) in [5.41, 5.74) is 3.83. The highest BCUT2D eigenvalue weighted by Gasteiger charge is 2.18. The van der Waals surface area contributed by atoms with E-state index in [0.29, 0.717) is 29.0 Å². The summed E-state index contributed by atoms with van der Waals surface area (Å²) in [6, 6.07) is 25.9. The van der Waals surface area contributed by atoms with Crippen molar-refractivity contribution in [3.63, 3.8) is 0 Å². The molecule has 7 heteroatoms. The van der Waals surface area contributed by atoms with E-state index < -0.39 is 12.2 Å². The van der Waals surface area contributed by atoms with Crippen LogP contribution in [0.15, 0.2) is 97.3 Å². The van der Waals surface area contributed by atoms with Crippen molar-refractivity contribution >= 4 is 12.4 Å². The minimum absolute atomic E-state index is 0.0353. The molecule has 3 aromatic carbocycles. The lowest BCUT2D eigenvalue weighted by Crippen LogP contribution is -2.35. The van der Waals surface area contributed by atoms with Crippen LogP contribution in [0.5, 0.6) is 11.5 Å². The number of benzene rings is 3. The molecule has 4 aromatic rings. The molecule has 4 rings (SSSR count). The Hall–Kier alpha value is -4.49. The van der Waals surface area contributed by atoms with E-state index in [0.717, 1.165) is 23.0 Å². The third kappa shape index (κ3) is 6.34. The highest BCUT2D eigenvalue weighted by molar-refractivity contribution is 5.82. The maximum Gasteiger partial charge on any atom is 0.407 e. The second kappa shape index (κ2) is 11.8. The van der Waals surface area contributed by atoms with Gasteiger partial charge in [0.05, 0.1) is 18.2 Å². The molecule has 0 aliphatic heterocycles. The summed E-state index contributed by atoms with van der Waals surface area (Å²) in [4.78, 5) is 28.4. The summed E-state index contributed by atoms with van der Waals surface area (Å²) in [7, 11) is 0. The van der Waals surface area contributed by atoms with E-state index >= 15 is 0 Å². The van der Waals surface area contributed by atoms with Crippen LogP contribution in [0, 0.1) is 0 Å². The molecule has 0 aliphatic carbocycles. The second-order valence-electron chi connectivity index (χ2n) is 8.26. The SMILES string of the molecule is O=Cc1ccc(-c2ccc(CCN(CC(O)c3cccnc3)C(=O)O)cc2)cc1Oc1ccccc1. The molecule has 0 radical (unpaired) electrons. The zero-order valence-corrected chi connectivity index (χ0v) is 19.5. The molecule has 1 amide bonds. The first-order valence-corrected chi connectivity index (χ1v) is 11.5. The first-order chi connectivity index (χ1) is 17.5. The van der Waals surface area contributed by atoms with Gasteiger partial charge in [0, 0.05) is 24.5 Å². The zero-order valence-electron chi connectivity index (χ0n) is 19.5. The first kappa shape index (κ1) is 24.6. The molecule has 0 aliphatic rings. The number of rotatable bonds is 10. The van der Waals surface area contributed by atoms with Crippen LogP contribution < -0.4 is 4.74 Å². The lowest BCUT2D eigenvalue weighted by Gasteiger charge is -2.22. The van der Waals surface area contributed by atoms with Crippen LogP contribution in [0.1, 0.15) is 27.6 Å². The number of amides is 1. The minimum atomic E-state index is -1.09. The average Bonchev–Trinajstić information content (AvgIpc) is 2.92. The topological polar surface area (TPSA) is 100.0 Å². The fourth-order valence-electron chi connectivity index (χ4n) is 3.80. The first-order valence-electron chi connectivity index (χ1n) is 11.5. The molecular weight excluding hydrogens is 456 g/mol. The molecule has 1 atom stereocenters. The van der Waals surface area contributed by atoms with Gasteiger partial charge >= 0.3 is 6.09 Å². The van der Waals surface area contributed by atoms with E-state index in [1.165, 1.54) is 11.1 Å². The number of aldehydes is 1. The fourth-order valence-corrected chi connectivity index (χ4v) is 3.80. The van der Waals surface area contributed by atoms with Crippen molar-refractivity contribution in [3.8, 4) is 22.6 Å². The predicted octanol–water partition coefficient (Wildman–Crippen LogP) is 5.61. The summed E-state index contributed by atoms with van der Waals surface area (Å²) in [6.45, 7) is 0.210. The quantitative estimate of drug-likeness (QED) is 0.285. The molecule has 1 unspecified atom stereocenters. The number of para-hydroxylation sites is 1. The summed E-state index contributed by atoms with van der Waals surface area (Å²) < 4.78 is 5.92. The van der Waals surface area contributed by atoms with Gasteiger partial charge in [0.2, 0.25) is 0 Å². The molecule has 182 valence electrons. The lowest BCUT2D eigenvalue weighted by molar-refractivity contribution is 0.0971. The van der Waals surface area contributed by atoms with E-state index in [9.17, 15) is 19.8 Å². The maximum absolute atomic E-state index is 11.7. The average molecular weight is 483 g/mol.